The minimum atomic E-state index is -0.0355. The van der Waals surface area contributed by atoms with E-state index in [-0.39, 0.29) is 10.8 Å². The van der Waals surface area contributed by atoms with E-state index in [1.165, 1.54) is 7.11 Å². The third-order valence-electron chi connectivity index (χ3n) is 0.922. The van der Waals surface area contributed by atoms with Crippen molar-refractivity contribution >= 4 is 28.5 Å². The average molecular weight is 185 g/mol. The second-order valence-corrected chi connectivity index (χ2v) is 2.68. The molecule has 0 aromatic carbocycles. The van der Waals surface area contributed by atoms with Crippen LogP contribution in [0.2, 0.25) is 0 Å². The van der Waals surface area contributed by atoms with E-state index in [2.05, 4.69) is 20.2 Å². The number of aromatic nitrogens is 2. The predicted octanol–water partition coefficient (Wildman–Crippen LogP) is -0.419. The summed E-state index contributed by atoms with van der Waals surface area (Å²) in [7, 11) is 1.32. The van der Waals surface area contributed by atoms with Crippen LogP contribution in [-0.4, -0.2) is 29.3 Å². The number of nitrogen functional groups attached to an aromatic ring is 1. The molecule has 7 heteroatoms. The molecule has 0 saturated carbocycles. The maximum Gasteiger partial charge on any atom is 0.260 e. The molecule has 0 aliphatic carbocycles. The molecule has 0 atom stereocenters. The molecule has 0 unspecified atom stereocenters. The normalized spacial score (nSPS) is 11.2. The van der Waals surface area contributed by atoms with Crippen molar-refractivity contribution in [3.05, 3.63) is 5.01 Å². The highest BCUT2D eigenvalue weighted by atomic mass is 32.1. The number of nitrogens with two attached hydrogens (primary N) is 1. The highest BCUT2D eigenvalue weighted by Gasteiger charge is 2.09. The summed E-state index contributed by atoms with van der Waals surface area (Å²) in [6, 6.07) is 0. The van der Waals surface area contributed by atoms with Crippen molar-refractivity contribution in [2.75, 3.05) is 12.8 Å². The molecule has 0 spiro atoms. The Balaban J connectivity index is 2.94. The van der Waals surface area contributed by atoms with Gasteiger partial charge in [0.05, 0.1) is 0 Å². The predicted molar refractivity (Wildman–Crippen MR) is 43.6 cm³/mol. The Morgan fingerprint density at radius 1 is 1.75 bits per heavy atom. The van der Waals surface area contributed by atoms with Crippen LogP contribution in [0.3, 0.4) is 0 Å². The smallest absolute Gasteiger partial charge is 0.260 e. The lowest BCUT2D eigenvalue weighted by molar-refractivity contribution is 0.214. The van der Waals surface area contributed by atoms with Gasteiger partial charge in [0.1, 0.15) is 7.11 Å². The van der Waals surface area contributed by atoms with Crippen LogP contribution in [0, 0.1) is 0 Å². The average Bonchev–Trinajstić information content (AvgIpc) is 2.47. The molecule has 0 amide bonds. The summed E-state index contributed by atoms with van der Waals surface area (Å²) in [5.74, 6) is 0. The molecule has 0 aliphatic heterocycles. The second kappa shape index (κ2) is 3.77. The fourth-order valence-electron chi connectivity index (χ4n) is 0.523. The van der Waals surface area contributed by atoms with E-state index in [0.29, 0.717) is 5.01 Å². The zero-order chi connectivity index (χ0) is 8.97. The van der Waals surface area contributed by atoms with Crippen LogP contribution >= 0.6 is 11.3 Å². The zero-order valence-corrected chi connectivity index (χ0v) is 6.96. The molecule has 1 radical (unpaired) electrons. The summed E-state index contributed by atoms with van der Waals surface area (Å²) in [5, 5.41) is 11.0. The maximum absolute atomic E-state index is 10.3. The third kappa shape index (κ3) is 1.76. The molecule has 1 rings (SSSR count). The number of hydrogen-bond acceptors (Lipinski definition) is 7. The Morgan fingerprint density at radius 3 is 2.92 bits per heavy atom. The van der Waals surface area contributed by atoms with Crippen molar-refractivity contribution in [1.82, 2.24) is 10.2 Å². The van der Waals surface area contributed by atoms with Crippen molar-refractivity contribution in [1.29, 1.82) is 0 Å². The van der Waals surface area contributed by atoms with Gasteiger partial charge in [-0.05, 0) is 0 Å². The van der Waals surface area contributed by atoms with E-state index >= 15 is 0 Å². The maximum atomic E-state index is 10.3. The number of hydrogen-bond donors (Lipinski definition) is 1. The van der Waals surface area contributed by atoms with Gasteiger partial charge in [-0.25, -0.2) is 0 Å². The summed E-state index contributed by atoms with van der Waals surface area (Å²) in [5.41, 5.74) is 5.25. The van der Waals surface area contributed by atoms with Crippen molar-refractivity contribution < 1.29 is 9.63 Å². The number of rotatable bonds is 3. The Bertz CT molecular complexity index is 308. The molecule has 0 bridgehead atoms. The fourth-order valence-corrected chi connectivity index (χ4v) is 1.06. The first-order chi connectivity index (χ1) is 5.77. The highest BCUT2D eigenvalue weighted by molar-refractivity contribution is 7.17. The fraction of sp³-hybridized carbons (Fsp3) is 0.200. The topological polar surface area (TPSA) is 90.5 Å². The van der Waals surface area contributed by atoms with E-state index in [1.54, 1.807) is 6.29 Å². The van der Waals surface area contributed by atoms with Crippen molar-refractivity contribution in [2.45, 2.75) is 0 Å². The van der Waals surface area contributed by atoms with Gasteiger partial charge in [-0.1, -0.05) is 16.5 Å². The van der Waals surface area contributed by atoms with Gasteiger partial charge >= 0.3 is 0 Å². The van der Waals surface area contributed by atoms with Crippen LogP contribution in [0.15, 0.2) is 5.16 Å². The number of carbonyl (C=O) groups excluding carboxylic acids is 1. The van der Waals surface area contributed by atoms with E-state index in [1.807, 2.05) is 0 Å². The molecule has 0 saturated heterocycles. The van der Waals surface area contributed by atoms with E-state index < -0.39 is 0 Å². The molecule has 6 nitrogen and oxygen atoms in total. The molecule has 0 fully saturated rings. The quantitative estimate of drug-likeness (QED) is 0.510. The first-order valence-corrected chi connectivity index (χ1v) is 3.68. The molecule has 1 heterocycles. The molecule has 2 N–H and O–H groups in total. The van der Waals surface area contributed by atoms with Crippen molar-refractivity contribution in [2.24, 2.45) is 5.16 Å². The molecule has 1 aromatic rings. The Kier molecular flexibility index (Phi) is 2.70. The minimum Gasteiger partial charge on any atom is -0.398 e. The SMILES string of the molecule is CON=C([C]=O)c1nnc(N)s1. The summed E-state index contributed by atoms with van der Waals surface area (Å²) in [4.78, 5) is 14.6. The lowest BCUT2D eigenvalue weighted by atomic mass is 10.4. The Morgan fingerprint density at radius 2 is 2.50 bits per heavy atom. The number of oxime groups is 1. The van der Waals surface area contributed by atoms with Gasteiger partial charge < -0.3 is 10.6 Å². The van der Waals surface area contributed by atoms with Gasteiger partial charge in [0, 0.05) is 0 Å². The highest BCUT2D eigenvalue weighted by Crippen LogP contribution is 2.11. The molecule has 0 aliphatic rings. The van der Waals surface area contributed by atoms with Crippen LogP contribution in [0.4, 0.5) is 5.13 Å². The summed E-state index contributed by atoms with van der Waals surface area (Å²) >= 11 is 1.04. The van der Waals surface area contributed by atoms with Gasteiger partial charge in [0.25, 0.3) is 6.29 Å². The Labute approximate surface area is 72.0 Å². The van der Waals surface area contributed by atoms with Crippen LogP contribution in [0.1, 0.15) is 5.01 Å². The summed E-state index contributed by atoms with van der Waals surface area (Å²) in [6.07, 6.45) is 1.56. The van der Waals surface area contributed by atoms with Crippen LogP contribution in [0.5, 0.6) is 0 Å². The zero-order valence-electron chi connectivity index (χ0n) is 6.14. The lowest BCUT2D eigenvalue weighted by Gasteiger charge is -1.87. The monoisotopic (exact) mass is 185 g/mol. The summed E-state index contributed by atoms with van der Waals surface area (Å²) < 4.78 is 0. The first-order valence-electron chi connectivity index (χ1n) is 2.86. The van der Waals surface area contributed by atoms with Crippen LogP contribution in [0.25, 0.3) is 0 Å². The summed E-state index contributed by atoms with van der Waals surface area (Å²) in [6.45, 7) is 0. The number of nitrogens with zero attached hydrogens (tertiary/aromatic N) is 3. The van der Waals surface area contributed by atoms with Crippen molar-refractivity contribution in [3.63, 3.8) is 0 Å². The van der Waals surface area contributed by atoms with Gasteiger partial charge in [0.15, 0.2) is 10.7 Å². The molecule has 12 heavy (non-hydrogen) atoms. The first kappa shape index (κ1) is 8.60. The third-order valence-corrected chi connectivity index (χ3v) is 1.68. The molecule has 1 aromatic heterocycles. The second-order valence-electron chi connectivity index (χ2n) is 1.67. The Hall–Kier alpha value is -1.50. The van der Waals surface area contributed by atoms with E-state index in [4.69, 9.17) is 5.73 Å². The van der Waals surface area contributed by atoms with E-state index in [0.717, 1.165) is 11.3 Å². The van der Waals surface area contributed by atoms with Gasteiger partial charge in [-0.3, -0.25) is 4.79 Å². The number of anilines is 1. The largest absolute Gasteiger partial charge is 0.398 e. The van der Waals surface area contributed by atoms with Gasteiger partial charge in [-0.15, -0.1) is 10.2 Å². The van der Waals surface area contributed by atoms with Crippen LogP contribution in [-0.2, 0) is 9.63 Å². The molecular formula is C5H5N4O2S. The molecular weight excluding hydrogens is 180 g/mol. The lowest BCUT2D eigenvalue weighted by Crippen LogP contribution is -2.01. The van der Waals surface area contributed by atoms with Gasteiger partial charge in [0.2, 0.25) is 5.13 Å². The van der Waals surface area contributed by atoms with Crippen LogP contribution < -0.4 is 5.73 Å². The standard InChI is InChI=1S/C5H5N4O2S/c1-11-9-3(2-10)4-7-8-5(6)12-4/h1H3,(H2,6,8). The minimum absolute atomic E-state index is 0.0355. The van der Waals surface area contributed by atoms with Crippen molar-refractivity contribution in [3.8, 4) is 0 Å². The molecule has 63 valence electrons. The van der Waals surface area contributed by atoms with Gasteiger partial charge in [-0.2, -0.15) is 0 Å². The van der Waals surface area contributed by atoms with E-state index in [9.17, 15) is 4.79 Å².